The Labute approximate surface area is 106 Å². The van der Waals surface area contributed by atoms with Crippen LogP contribution in [0.4, 0.5) is 0 Å². The van der Waals surface area contributed by atoms with E-state index < -0.39 is 0 Å². The van der Waals surface area contributed by atoms with Crippen molar-refractivity contribution in [2.75, 3.05) is 20.3 Å². The number of fused-ring (bicyclic) bond motifs is 1. The standard InChI is InChI=1S/C13H17N3O2/c1-17-9-10-3-2-4-12-13(10)14-15-16(12)11-5-7-18-8-6-11/h2-4,11H,5-9H2,1H3. The third kappa shape index (κ3) is 2.00. The predicted octanol–water partition coefficient (Wildman–Crippen LogP) is 1.93. The molecule has 0 aliphatic carbocycles. The first-order valence-corrected chi connectivity index (χ1v) is 6.29. The molecule has 18 heavy (non-hydrogen) atoms. The Morgan fingerprint density at radius 2 is 2.22 bits per heavy atom. The molecule has 0 spiro atoms. The molecule has 1 saturated heterocycles. The summed E-state index contributed by atoms with van der Waals surface area (Å²) in [6.45, 7) is 2.19. The van der Waals surface area contributed by atoms with Gasteiger partial charge in [0.2, 0.25) is 0 Å². The summed E-state index contributed by atoms with van der Waals surface area (Å²) in [5.74, 6) is 0. The second kappa shape index (κ2) is 5.04. The minimum absolute atomic E-state index is 0.404. The van der Waals surface area contributed by atoms with E-state index in [1.54, 1.807) is 7.11 Å². The normalized spacial score (nSPS) is 17.4. The van der Waals surface area contributed by atoms with Gasteiger partial charge in [0.1, 0.15) is 5.52 Å². The van der Waals surface area contributed by atoms with Crippen LogP contribution in [0.15, 0.2) is 18.2 Å². The van der Waals surface area contributed by atoms with Gasteiger partial charge in [-0.15, -0.1) is 5.10 Å². The predicted molar refractivity (Wildman–Crippen MR) is 67.3 cm³/mol. The average molecular weight is 247 g/mol. The van der Waals surface area contributed by atoms with Gasteiger partial charge in [0, 0.05) is 25.9 Å². The molecule has 0 unspecified atom stereocenters. The number of benzene rings is 1. The maximum atomic E-state index is 5.39. The summed E-state index contributed by atoms with van der Waals surface area (Å²) >= 11 is 0. The minimum Gasteiger partial charge on any atom is -0.381 e. The molecule has 0 radical (unpaired) electrons. The summed E-state index contributed by atoms with van der Waals surface area (Å²) in [6, 6.07) is 6.55. The first-order chi connectivity index (χ1) is 8.90. The van der Waals surface area contributed by atoms with Gasteiger partial charge in [-0.2, -0.15) is 0 Å². The number of nitrogens with zero attached hydrogens (tertiary/aromatic N) is 3. The van der Waals surface area contributed by atoms with Gasteiger partial charge in [0.25, 0.3) is 0 Å². The molecule has 2 heterocycles. The van der Waals surface area contributed by atoms with Gasteiger partial charge in [0.15, 0.2) is 0 Å². The molecule has 0 bridgehead atoms. The number of hydrogen-bond acceptors (Lipinski definition) is 4. The highest BCUT2D eigenvalue weighted by Crippen LogP contribution is 2.25. The number of methoxy groups -OCH3 is 1. The van der Waals surface area contributed by atoms with Crippen LogP contribution in [0.25, 0.3) is 11.0 Å². The fourth-order valence-corrected chi connectivity index (χ4v) is 2.49. The summed E-state index contributed by atoms with van der Waals surface area (Å²) in [5, 5.41) is 8.62. The van der Waals surface area contributed by atoms with E-state index in [2.05, 4.69) is 16.4 Å². The van der Waals surface area contributed by atoms with Gasteiger partial charge in [-0.05, 0) is 18.9 Å². The Bertz CT molecular complexity index is 532. The summed E-state index contributed by atoms with van der Waals surface area (Å²) in [5.41, 5.74) is 3.13. The molecule has 96 valence electrons. The van der Waals surface area contributed by atoms with E-state index in [1.165, 1.54) is 0 Å². The van der Waals surface area contributed by atoms with Crippen LogP contribution in [-0.2, 0) is 16.1 Å². The highest BCUT2D eigenvalue weighted by Gasteiger charge is 2.19. The van der Waals surface area contributed by atoms with Gasteiger partial charge in [0.05, 0.1) is 18.2 Å². The lowest BCUT2D eigenvalue weighted by atomic mass is 10.1. The highest BCUT2D eigenvalue weighted by molar-refractivity contribution is 5.78. The van der Waals surface area contributed by atoms with Crippen molar-refractivity contribution in [3.8, 4) is 0 Å². The Morgan fingerprint density at radius 1 is 1.39 bits per heavy atom. The van der Waals surface area contributed by atoms with Gasteiger partial charge in [-0.3, -0.25) is 0 Å². The molecule has 1 fully saturated rings. The molecule has 5 heteroatoms. The van der Waals surface area contributed by atoms with E-state index in [0.29, 0.717) is 12.6 Å². The van der Waals surface area contributed by atoms with Gasteiger partial charge in [-0.1, -0.05) is 17.3 Å². The molecule has 5 nitrogen and oxygen atoms in total. The lowest BCUT2D eigenvalue weighted by Crippen LogP contribution is -2.20. The zero-order valence-electron chi connectivity index (χ0n) is 10.5. The van der Waals surface area contributed by atoms with Crippen molar-refractivity contribution in [2.24, 2.45) is 0 Å². The largest absolute Gasteiger partial charge is 0.381 e. The molecule has 0 saturated carbocycles. The summed E-state index contributed by atoms with van der Waals surface area (Å²) in [4.78, 5) is 0. The van der Waals surface area contributed by atoms with Crippen LogP contribution in [0.5, 0.6) is 0 Å². The maximum Gasteiger partial charge on any atom is 0.118 e. The molecule has 1 aliphatic rings. The van der Waals surface area contributed by atoms with E-state index >= 15 is 0 Å². The molecule has 1 aliphatic heterocycles. The second-order valence-corrected chi connectivity index (χ2v) is 4.60. The molecule has 0 amide bonds. The number of hydrogen-bond donors (Lipinski definition) is 0. The van der Waals surface area contributed by atoms with E-state index in [1.807, 2.05) is 16.8 Å². The smallest absolute Gasteiger partial charge is 0.118 e. The topological polar surface area (TPSA) is 49.2 Å². The third-order valence-corrected chi connectivity index (χ3v) is 3.42. The molecule has 1 aromatic heterocycles. The van der Waals surface area contributed by atoms with E-state index in [0.717, 1.165) is 42.7 Å². The zero-order valence-corrected chi connectivity index (χ0v) is 10.5. The minimum atomic E-state index is 0.404. The number of rotatable bonds is 3. The van der Waals surface area contributed by atoms with Crippen LogP contribution in [0.3, 0.4) is 0 Å². The van der Waals surface area contributed by atoms with E-state index in [9.17, 15) is 0 Å². The summed E-state index contributed by atoms with van der Waals surface area (Å²) in [7, 11) is 1.70. The zero-order chi connectivity index (χ0) is 12.4. The number of ether oxygens (including phenoxy) is 2. The highest BCUT2D eigenvalue weighted by atomic mass is 16.5. The molecule has 1 aromatic carbocycles. The van der Waals surface area contributed by atoms with E-state index in [4.69, 9.17) is 9.47 Å². The van der Waals surface area contributed by atoms with Crippen molar-refractivity contribution >= 4 is 11.0 Å². The maximum absolute atomic E-state index is 5.39. The van der Waals surface area contributed by atoms with Gasteiger partial charge in [-0.25, -0.2) is 4.68 Å². The van der Waals surface area contributed by atoms with Crippen molar-refractivity contribution in [2.45, 2.75) is 25.5 Å². The van der Waals surface area contributed by atoms with Crippen molar-refractivity contribution < 1.29 is 9.47 Å². The Balaban J connectivity index is 2.00. The van der Waals surface area contributed by atoms with Crippen LogP contribution >= 0.6 is 0 Å². The fraction of sp³-hybridized carbons (Fsp3) is 0.538. The molecule has 0 atom stereocenters. The molecule has 3 rings (SSSR count). The molecule has 2 aromatic rings. The Hall–Kier alpha value is -1.46. The lowest BCUT2D eigenvalue weighted by molar-refractivity contribution is 0.0669. The molecule has 0 N–H and O–H groups in total. The first-order valence-electron chi connectivity index (χ1n) is 6.29. The summed E-state index contributed by atoms with van der Waals surface area (Å²) in [6.07, 6.45) is 2.01. The van der Waals surface area contributed by atoms with Crippen molar-refractivity contribution in [1.82, 2.24) is 15.0 Å². The monoisotopic (exact) mass is 247 g/mol. The molecular weight excluding hydrogens is 230 g/mol. The number of aromatic nitrogens is 3. The quantitative estimate of drug-likeness (QED) is 0.831. The molecular formula is C13H17N3O2. The van der Waals surface area contributed by atoms with Crippen molar-refractivity contribution in [3.63, 3.8) is 0 Å². The van der Waals surface area contributed by atoms with Crippen LogP contribution in [0.2, 0.25) is 0 Å². The van der Waals surface area contributed by atoms with Gasteiger partial charge < -0.3 is 9.47 Å². The van der Waals surface area contributed by atoms with Crippen molar-refractivity contribution in [3.05, 3.63) is 23.8 Å². The van der Waals surface area contributed by atoms with Crippen LogP contribution in [0, 0.1) is 0 Å². The van der Waals surface area contributed by atoms with Crippen LogP contribution in [-0.4, -0.2) is 35.3 Å². The Kier molecular flexibility index (Phi) is 3.25. The fourth-order valence-electron chi connectivity index (χ4n) is 2.49. The van der Waals surface area contributed by atoms with Gasteiger partial charge >= 0.3 is 0 Å². The summed E-state index contributed by atoms with van der Waals surface area (Å²) < 4.78 is 12.6. The van der Waals surface area contributed by atoms with Crippen LogP contribution in [0.1, 0.15) is 24.4 Å². The third-order valence-electron chi connectivity index (χ3n) is 3.42. The SMILES string of the molecule is COCc1cccc2c1nnn2C1CCOCC1. The van der Waals surface area contributed by atoms with E-state index in [-0.39, 0.29) is 0 Å². The van der Waals surface area contributed by atoms with Crippen LogP contribution < -0.4 is 0 Å². The average Bonchev–Trinajstić information content (AvgIpc) is 2.85. The Morgan fingerprint density at radius 3 is 3.00 bits per heavy atom. The lowest BCUT2D eigenvalue weighted by Gasteiger charge is -2.22. The second-order valence-electron chi connectivity index (χ2n) is 4.60. The van der Waals surface area contributed by atoms with Crippen molar-refractivity contribution in [1.29, 1.82) is 0 Å². The first kappa shape index (κ1) is 11.6.